The summed E-state index contributed by atoms with van der Waals surface area (Å²) in [6.07, 6.45) is 0. The molecule has 1 aliphatic heterocycles. The van der Waals surface area contributed by atoms with Crippen molar-refractivity contribution in [3.05, 3.63) is 94.5 Å². The van der Waals surface area contributed by atoms with Gasteiger partial charge in [0.2, 0.25) is 5.91 Å². The van der Waals surface area contributed by atoms with E-state index in [9.17, 15) is 9.59 Å². The van der Waals surface area contributed by atoms with Crippen LogP contribution < -0.4 is 10.1 Å². The molecule has 2 amide bonds. The van der Waals surface area contributed by atoms with Crippen molar-refractivity contribution >= 4 is 23.2 Å². The van der Waals surface area contributed by atoms with E-state index in [-0.39, 0.29) is 24.9 Å². The molecule has 1 atom stereocenters. The Labute approximate surface area is 214 Å². The molecule has 184 valence electrons. The number of aryl methyl sites for hydroxylation is 1. The summed E-state index contributed by atoms with van der Waals surface area (Å²) in [5.41, 5.74) is 3.09. The molecule has 2 aromatic carbocycles. The normalized spacial score (nSPS) is 17.1. The first-order valence-electron chi connectivity index (χ1n) is 11.8. The molecule has 4 aromatic rings. The van der Waals surface area contributed by atoms with Gasteiger partial charge in [0.1, 0.15) is 22.7 Å². The second kappa shape index (κ2) is 9.62. The van der Waals surface area contributed by atoms with Gasteiger partial charge in [-0.05, 0) is 54.6 Å². The molecule has 2 aromatic heterocycles. The maximum absolute atomic E-state index is 13.9. The zero-order valence-electron chi connectivity index (χ0n) is 20.5. The lowest BCUT2D eigenvalue weighted by molar-refractivity contribution is -0.133. The average Bonchev–Trinajstić information content (AvgIpc) is 3.55. The second-order valence-electron chi connectivity index (χ2n) is 9.24. The van der Waals surface area contributed by atoms with Gasteiger partial charge in [0.05, 0.1) is 18.5 Å². The molecule has 0 radical (unpaired) electrons. The van der Waals surface area contributed by atoms with Crippen LogP contribution >= 0.6 is 11.3 Å². The molecule has 3 heterocycles. The van der Waals surface area contributed by atoms with Crippen LogP contribution in [-0.4, -0.2) is 39.1 Å². The number of benzene rings is 2. The van der Waals surface area contributed by atoms with Crippen LogP contribution in [-0.2, 0) is 24.4 Å². The molecule has 5 rings (SSSR count). The topological polar surface area (TPSA) is 76.5 Å². The van der Waals surface area contributed by atoms with Crippen molar-refractivity contribution in [1.29, 1.82) is 0 Å². The summed E-state index contributed by atoms with van der Waals surface area (Å²) in [7, 11) is 1.61. The van der Waals surface area contributed by atoms with Crippen molar-refractivity contribution in [2.24, 2.45) is 0 Å². The minimum atomic E-state index is -1.14. The zero-order valence-corrected chi connectivity index (χ0v) is 21.3. The Hall–Kier alpha value is -3.91. The minimum absolute atomic E-state index is 0.223. The van der Waals surface area contributed by atoms with Crippen LogP contribution in [0.2, 0.25) is 0 Å². The number of aromatic nitrogens is 2. The molecule has 7 nitrogen and oxygen atoms in total. The van der Waals surface area contributed by atoms with Crippen LogP contribution in [0.3, 0.4) is 0 Å². The van der Waals surface area contributed by atoms with Gasteiger partial charge in [-0.15, -0.1) is 11.3 Å². The number of hydrogen-bond acceptors (Lipinski definition) is 5. The molecule has 0 aliphatic carbocycles. The fourth-order valence-electron chi connectivity index (χ4n) is 4.58. The van der Waals surface area contributed by atoms with Gasteiger partial charge >= 0.3 is 0 Å². The summed E-state index contributed by atoms with van der Waals surface area (Å²) < 4.78 is 7.05. The molecule has 0 saturated carbocycles. The Morgan fingerprint density at radius 1 is 1.11 bits per heavy atom. The summed E-state index contributed by atoms with van der Waals surface area (Å²) in [5.74, 6) is 0.249. The number of nitrogens with one attached hydrogen (secondary N) is 1. The lowest BCUT2D eigenvalue weighted by atomic mass is 9.94. The quantitative estimate of drug-likeness (QED) is 0.401. The van der Waals surface area contributed by atoms with Crippen LogP contribution in [0.25, 0.3) is 10.6 Å². The highest BCUT2D eigenvalue weighted by Crippen LogP contribution is 2.33. The molecule has 0 bridgehead atoms. The molecular weight excluding hydrogens is 472 g/mol. The van der Waals surface area contributed by atoms with Crippen molar-refractivity contribution in [3.63, 3.8) is 0 Å². The Morgan fingerprint density at radius 3 is 2.67 bits per heavy atom. The third-order valence-electron chi connectivity index (χ3n) is 6.57. The number of thiophene rings is 1. The van der Waals surface area contributed by atoms with Crippen LogP contribution in [0.1, 0.15) is 34.1 Å². The second-order valence-corrected chi connectivity index (χ2v) is 10.2. The van der Waals surface area contributed by atoms with Crippen molar-refractivity contribution in [2.75, 3.05) is 7.11 Å². The van der Waals surface area contributed by atoms with Gasteiger partial charge in [-0.2, -0.15) is 5.10 Å². The van der Waals surface area contributed by atoms with Gasteiger partial charge in [-0.25, -0.2) is 0 Å². The lowest BCUT2D eigenvalue weighted by Crippen LogP contribution is -2.63. The minimum Gasteiger partial charge on any atom is -0.497 e. The van der Waals surface area contributed by atoms with Gasteiger partial charge in [0, 0.05) is 13.1 Å². The van der Waals surface area contributed by atoms with E-state index in [0.29, 0.717) is 18.0 Å². The highest BCUT2D eigenvalue weighted by atomic mass is 32.1. The van der Waals surface area contributed by atoms with Gasteiger partial charge in [-0.1, -0.05) is 48.0 Å². The summed E-state index contributed by atoms with van der Waals surface area (Å²) in [4.78, 5) is 30.2. The number of fused-ring (bicyclic) bond motifs is 1. The first kappa shape index (κ1) is 23.8. The van der Waals surface area contributed by atoms with E-state index in [1.165, 1.54) is 0 Å². The molecule has 1 N–H and O–H groups in total. The predicted octanol–water partition coefficient (Wildman–Crippen LogP) is 4.66. The van der Waals surface area contributed by atoms with E-state index >= 15 is 0 Å². The molecule has 0 saturated heterocycles. The van der Waals surface area contributed by atoms with E-state index in [1.54, 1.807) is 28.0 Å². The van der Waals surface area contributed by atoms with Crippen molar-refractivity contribution in [1.82, 2.24) is 20.0 Å². The number of ether oxygens (including phenoxy) is 1. The molecule has 36 heavy (non-hydrogen) atoms. The largest absolute Gasteiger partial charge is 0.497 e. The van der Waals surface area contributed by atoms with Crippen molar-refractivity contribution < 1.29 is 14.3 Å². The third kappa shape index (κ3) is 4.52. The first-order chi connectivity index (χ1) is 17.4. The van der Waals surface area contributed by atoms with Crippen LogP contribution in [0.5, 0.6) is 5.75 Å². The number of carbonyl (C=O) groups is 2. The average molecular weight is 501 g/mol. The molecule has 0 fully saturated rings. The monoisotopic (exact) mass is 500 g/mol. The molecule has 0 unspecified atom stereocenters. The van der Waals surface area contributed by atoms with Crippen LogP contribution in [0, 0.1) is 6.92 Å². The van der Waals surface area contributed by atoms with Gasteiger partial charge in [-0.3, -0.25) is 14.3 Å². The van der Waals surface area contributed by atoms with E-state index in [4.69, 9.17) is 9.84 Å². The summed E-state index contributed by atoms with van der Waals surface area (Å²) in [6, 6.07) is 21.3. The standard InChI is InChI=1S/C28H28N4O3S/c1-19-7-4-8-20(13-19)16-29-27(34)28(2)18-32-24(15-23(30-32)25-11-6-12-36-25)26(33)31(28)17-21-9-5-10-22(14-21)35-3/h4-15H,16-18H2,1-3H3,(H,29,34)/t28-/m1/s1. The van der Waals surface area contributed by atoms with Crippen LogP contribution in [0.4, 0.5) is 0 Å². The number of rotatable bonds is 7. The smallest absolute Gasteiger partial charge is 0.273 e. The van der Waals surface area contributed by atoms with Crippen LogP contribution in [0.15, 0.2) is 72.1 Å². The SMILES string of the molecule is COc1cccc(CN2C(=O)c3cc(-c4cccs4)nn3C[C@]2(C)C(=O)NCc2cccc(C)c2)c1. The predicted molar refractivity (Wildman–Crippen MR) is 140 cm³/mol. The van der Waals surface area contributed by atoms with Gasteiger partial charge in [0.15, 0.2) is 0 Å². The van der Waals surface area contributed by atoms with Crippen molar-refractivity contribution in [2.45, 2.75) is 39.0 Å². The molecule has 0 spiro atoms. The van der Waals surface area contributed by atoms with Gasteiger partial charge in [0.25, 0.3) is 5.91 Å². The number of hydrogen-bond donors (Lipinski definition) is 1. The third-order valence-corrected chi connectivity index (χ3v) is 7.46. The highest BCUT2D eigenvalue weighted by Gasteiger charge is 2.48. The molecule has 1 aliphatic rings. The first-order valence-corrected chi connectivity index (χ1v) is 12.7. The van der Waals surface area contributed by atoms with Gasteiger partial charge < -0.3 is 15.0 Å². The summed E-state index contributed by atoms with van der Waals surface area (Å²) in [5, 5.41) is 9.74. The summed E-state index contributed by atoms with van der Waals surface area (Å²) >= 11 is 1.57. The number of methoxy groups -OCH3 is 1. The van der Waals surface area contributed by atoms with Crippen molar-refractivity contribution in [3.8, 4) is 16.3 Å². The number of carbonyl (C=O) groups excluding carboxylic acids is 2. The van der Waals surface area contributed by atoms with E-state index < -0.39 is 5.54 Å². The fourth-order valence-corrected chi connectivity index (χ4v) is 5.26. The Bertz CT molecular complexity index is 1410. The Kier molecular flexibility index (Phi) is 6.36. The van der Waals surface area contributed by atoms with E-state index in [1.807, 2.05) is 86.0 Å². The molecular formula is C28H28N4O3S. The summed E-state index contributed by atoms with van der Waals surface area (Å²) in [6.45, 7) is 4.73. The van der Waals surface area contributed by atoms with E-state index in [0.717, 1.165) is 27.3 Å². The maximum atomic E-state index is 13.9. The lowest BCUT2D eigenvalue weighted by Gasteiger charge is -2.43. The number of amides is 2. The molecule has 8 heteroatoms. The highest BCUT2D eigenvalue weighted by molar-refractivity contribution is 7.13. The zero-order chi connectivity index (χ0) is 25.3. The maximum Gasteiger partial charge on any atom is 0.273 e. The Balaban J connectivity index is 1.49. The fraction of sp³-hybridized carbons (Fsp3) is 0.250. The number of nitrogens with zero attached hydrogens (tertiary/aromatic N) is 3. The van der Waals surface area contributed by atoms with E-state index in [2.05, 4.69) is 5.32 Å². The Morgan fingerprint density at radius 2 is 1.92 bits per heavy atom.